The number of anilines is 1. The normalized spacial score (nSPS) is 11.6. The Balaban J connectivity index is 2.68. The van der Waals surface area contributed by atoms with Gasteiger partial charge in [0.15, 0.2) is 15.7 Å². The lowest BCUT2D eigenvalue weighted by molar-refractivity contribution is 0.581. The summed E-state index contributed by atoms with van der Waals surface area (Å²) in [5, 5.41) is 2.51. The summed E-state index contributed by atoms with van der Waals surface area (Å²) in [5.74, 6) is -1.44. The van der Waals surface area contributed by atoms with Crippen LogP contribution in [0.3, 0.4) is 0 Å². The van der Waals surface area contributed by atoms with Crippen molar-refractivity contribution >= 4 is 15.5 Å². The van der Waals surface area contributed by atoms with E-state index in [1.807, 2.05) is 0 Å². The molecule has 0 radical (unpaired) electrons. The summed E-state index contributed by atoms with van der Waals surface area (Å²) >= 11 is 0. The van der Waals surface area contributed by atoms with Crippen molar-refractivity contribution in [2.45, 2.75) is 20.3 Å². The summed E-state index contributed by atoms with van der Waals surface area (Å²) < 4.78 is 49.8. The highest BCUT2D eigenvalue weighted by molar-refractivity contribution is 7.91. The van der Waals surface area contributed by atoms with Gasteiger partial charge >= 0.3 is 0 Å². The van der Waals surface area contributed by atoms with Crippen LogP contribution in [0.5, 0.6) is 0 Å². The number of rotatable bonds is 6. The lowest BCUT2D eigenvalue weighted by Crippen LogP contribution is -2.19. The standard InChI is InChI=1S/C12H17F2NO2S/c1-3-7-18(16,17)8-6-15-12-10(13)5-4-9(2)11(12)14/h4-5,15H,3,6-8H2,1-2H3. The van der Waals surface area contributed by atoms with Crippen molar-refractivity contribution < 1.29 is 17.2 Å². The summed E-state index contributed by atoms with van der Waals surface area (Å²) in [6, 6.07) is 2.49. The van der Waals surface area contributed by atoms with Crippen molar-refractivity contribution in [2.24, 2.45) is 0 Å². The minimum absolute atomic E-state index is 0.000370. The molecule has 0 heterocycles. The van der Waals surface area contributed by atoms with E-state index in [9.17, 15) is 17.2 Å². The molecular formula is C12H17F2NO2S. The molecule has 6 heteroatoms. The average Bonchev–Trinajstić information content (AvgIpc) is 2.28. The van der Waals surface area contributed by atoms with Crippen LogP contribution in [-0.4, -0.2) is 26.5 Å². The second kappa shape index (κ2) is 6.13. The Bertz CT molecular complexity index is 515. The first-order chi connectivity index (χ1) is 8.37. The summed E-state index contributed by atoms with van der Waals surface area (Å²) in [4.78, 5) is 0. The maximum Gasteiger partial charge on any atom is 0.152 e. The van der Waals surface area contributed by atoms with Crippen LogP contribution >= 0.6 is 0 Å². The SMILES string of the molecule is CCCS(=O)(=O)CCNc1c(F)ccc(C)c1F. The highest BCUT2D eigenvalue weighted by atomic mass is 32.2. The number of benzene rings is 1. The number of halogens is 2. The van der Waals surface area contributed by atoms with Gasteiger partial charge in [-0.3, -0.25) is 0 Å². The van der Waals surface area contributed by atoms with E-state index in [1.54, 1.807) is 6.92 Å². The molecule has 0 atom stereocenters. The van der Waals surface area contributed by atoms with Gasteiger partial charge in [0.25, 0.3) is 0 Å². The molecule has 0 amide bonds. The van der Waals surface area contributed by atoms with E-state index < -0.39 is 21.5 Å². The zero-order valence-electron chi connectivity index (χ0n) is 10.5. The quantitative estimate of drug-likeness (QED) is 0.869. The third-order valence-electron chi connectivity index (χ3n) is 2.51. The Morgan fingerprint density at radius 3 is 2.50 bits per heavy atom. The van der Waals surface area contributed by atoms with Gasteiger partial charge in [-0.15, -0.1) is 0 Å². The van der Waals surface area contributed by atoms with Gasteiger partial charge in [-0.05, 0) is 25.0 Å². The Morgan fingerprint density at radius 2 is 1.89 bits per heavy atom. The lowest BCUT2D eigenvalue weighted by atomic mass is 10.2. The molecule has 0 aliphatic heterocycles. The molecule has 0 saturated heterocycles. The first-order valence-corrected chi connectivity index (χ1v) is 7.58. The van der Waals surface area contributed by atoms with Crippen LogP contribution in [0.4, 0.5) is 14.5 Å². The number of aryl methyl sites for hydroxylation is 1. The van der Waals surface area contributed by atoms with E-state index in [2.05, 4.69) is 5.32 Å². The molecule has 102 valence electrons. The smallest absolute Gasteiger partial charge is 0.152 e. The molecule has 0 aromatic heterocycles. The Kier molecular flexibility index (Phi) is 5.07. The Labute approximate surface area is 106 Å². The molecule has 0 unspecified atom stereocenters. The van der Waals surface area contributed by atoms with Crippen molar-refractivity contribution in [1.82, 2.24) is 0 Å². The molecule has 0 aliphatic carbocycles. The van der Waals surface area contributed by atoms with Gasteiger partial charge in [-0.2, -0.15) is 0 Å². The molecule has 0 fully saturated rings. The maximum absolute atomic E-state index is 13.6. The molecule has 18 heavy (non-hydrogen) atoms. The number of hydrogen-bond donors (Lipinski definition) is 1. The van der Waals surface area contributed by atoms with E-state index in [-0.39, 0.29) is 23.7 Å². The fourth-order valence-corrected chi connectivity index (χ4v) is 2.80. The number of nitrogens with one attached hydrogen (secondary N) is 1. The molecule has 0 saturated carbocycles. The van der Waals surface area contributed by atoms with Gasteiger partial charge in [-0.25, -0.2) is 17.2 Å². The number of hydrogen-bond acceptors (Lipinski definition) is 3. The molecule has 1 rings (SSSR count). The molecular weight excluding hydrogens is 260 g/mol. The van der Waals surface area contributed by atoms with Crippen molar-refractivity contribution in [3.63, 3.8) is 0 Å². The zero-order chi connectivity index (χ0) is 13.8. The fourth-order valence-electron chi connectivity index (χ4n) is 1.56. The summed E-state index contributed by atoms with van der Waals surface area (Å²) in [6.45, 7) is 3.29. The van der Waals surface area contributed by atoms with Crippen LogP contribution in [0.2, 0.25) is 0 Å². The highest BCUT2D eigenvalue weighted by Crippen LogP contribution is 2.21. The van der Waals surface area contributed by atoms with Gasteiger partial charge < -0.3 is 5.32 Å². The van der Waals surface area contributed by atoms with E-state index >= 15 is 0 Å². The predicted molar refractivity (Wildman–Crippen MR) is 68.5 cm³/mol. The molecule has 1 N–H and O–H groups in total. The first kappa shape index (κ1) is 14.9. The van der Waals surface area contributed by atoms with Crippen molar-refractivity contribution in [3.05, 3.63) is 29.3 Å². The minimum Gasteiger partial charge on any atom is -0.379 e. The van der Waals surface area contributed by atoms with E-state index in [1.165, 1.54) is 13.0 Å². The molecule has 3 nitrogen and oxygen atoms in total. The molecule has 0 bridgehead atoms. The highest BCUT2D eigenvalue weighted by Gasteiger charge is 2.13. The molecule has 0 aliphatic rings. The third kappa shape index (κ3) is 3.94. The second-order valence-electron chi connectivity index (χ2n) is 4.13. The largest absolute Gasteiger partial charge is 0.379 e. The zero-order valence-corrected chi connectivity index (χ0v) is 11.3. The van der Waals surface area contributed by atoms with Crippen LogP contribution in [-0.2, 0) is 9.84 Å². The van der Waals surface area contributed by atoms with Crippen molar-refractivity contribution in [3.8, 4) is 0 Å². The topological polar surface area (TPSA) is 46.2 Å². The lowest BCUT2D eigenvalue weighted by Gasteiger charge is -2.10. The van der Waals surface area contributed by atoms with Crippen molar-refractivity contribution in [2.75, 3.05) is 23.4 Å². The summed E-state index contributed by atoms with van der Waals surface area (Å²) in [7, 11) is -3.15. The number of sulfone groups is 1. The van der Waals surface area contributed by atoms with Crippen molar-refractivity contribution in [1.29, 1.82) is 0 Å². The fraction of sp³-hybridized carbons (Fsp3) is 0.500. The Hall–Kier alpha value is -1.17. The van der Waals surface area contributed by atoms with Gasteiger partial charge in [0.05, 0.1) is 5.75 Å². The average molecular weight is 277 g/mol. The van der Waals surface area contributed by atoms with Crippen LogP contribution in [0, 0.1) is 18.6 Å². The van der Waals surface area contributed by atoms with Gasteiger partial charge in [-0.1, -0.05) is 13.0 Å². The van der Waals surface area contributed by atoms with Crippen LogP contribution in [0.15, 0.2) is 12.1 Å². The second-order valence-corrected chi connectivity index (χ2v) is 6.44. The first-order valence-electron chi connectivity index (χ1n) is 5.76. The summed E-state index contributed by atoms with van der Waals surface area (Å²) in [5.41, 5.74) is 0.0528. The van der Waals surface area contributed by atoms with Crippen LogP contribution in [0.25, 0.3) is 0 Å². The predicted octanol–water partition coefficient (Wildman–Crippen LogP) is 2.51. The summed E-state index contributed by atoms with van der Waals surface area (Å²) in [6.07, 6.45) is 0.537. The van der Waals surface area contributed by atoms with Gasteiger partial charge in [0.2, 0.25) is 0 Å². The molecule has 1 aromatic rings. The molecule has 0 spiro atoms. The maximum atomic E-state index is 13.6. The van der Waals surface area contributed by atoms with Crippen LogP contribution in [0.1, 0.15) is 18.9 Å². The van der Waals surface area contributed by atoms with E-state index in [4.69, 9.17) is 0 Å². The third-order valence-corrected chi connectivity index (χ3v) is 4.37. The van der Waals surface area contributed by atoms with Gasteiger partial charge in [0.1, 0.15) is 11.5 Å². The van der Waals surface area contributed by atoms with E-state index in [0.717, 1.165) is 6.07 Å². The van der Waals surface area contributed by atoms with Crippen LogP contribution < -0.4 is 5.32 Å². The monoisotopic (exact) mass is 277 g/mol. The van der Waals surface area contributed by atoms with E-state index in [0.29, 0.717) is 12.0 Å². The van der Waals surface area contributed by atoms with Gasteiger partial charge in [0, 0.05) is 12.3 Å². The molecule has 1 aromatic carbocycles. The Morgan fingerprint density at radius 1 is 1.22 bits per heavy atom. The minimum atomic E-state index is -3.15.